The van der Waals surface area contributed by atoms with Crippen molar-refractivity contribution in [2.45, 2.75) is 32.4 Å². The van der Waals surface area contributed by atoms with Crippen molar-refractivity contribution in [2.24, 2.45) is 5.92 Å². The van der Waals surface area contributed by atoms with Gasteiger partial charge in [-0.3, -0.25) is 5.32 Å². The number of allylic oxidation sites excluding steroid dienone is 3. The Morgan fingerprint density at radius 2 is 2.31 bits per heavy atom. The Balaban J connectivity index is 2.56. The maximum atomic E-state index is 9.62. The van der Waals surface area contributed by atoms with Gasteiger partial charge in [-0.1, -0.05) is 24.8 Å². The third-order valence-corrected chi connectivity index (χ3v) is 2.64. The molecule has 0 fully saturated rings. The fourth-order valence-electron chi connectivity index (χ4n) is 1.52. The van der Waals surface area contributed by atoms with E-state index in [1.165, 1.54) is 0 Å². The smallest absolute Gasteiger partial charge is 0.126 e. The summed E-state index contributed by atoms with van der Waals surface area (Å²) in [6, 6.07) is 0. The fraction of sp³-hybridized carbons (Fsp3) is 0.538. The van der Waals surface area contributed by atoms with Crippen LogP contribution in [-0.2, 0) is 0 Å². The molecule has 0 aromatic carbocycles. The van der Waals surface area contributed by atoms with Gasteiger partial charge in [0.25, 0.3) is 0 Å². The van der Waals surface area contributed by atoms with Crippen LogP contribution < -0.4 is 5.32 Å². The lowest BCUT2D eigenvalue weighted by Crippen LogP contribution is -2.24. The molecule has 1 aliphatic rings. The predicted molar refractivity (Wildman–Crippen MR) is 64.7 cm³/mol. The Hall–Kier alpha value is -1.24. The third kappa shape index (κ3) is 3.73. The van der Waals surface area contributed by atoms with E-state index < -0.39 is 6.23 Å². The van der Waals surface area contributed by atoms with Gasteiger partial charge in [-0.2, -0.15) is 0 Å². The Morgan fingerprint density at radius 1 is 1.56 bits per heavy atom. The first kappa shape index (κ1) is 12.8. The second-order valence-electron chi connectivity index (χ2n) is 3.83. The SMILES string of the molecule is CCC1=C(O)C=CC(CCC(O)NC)C#C1. The lowest BCUT2D eigenvalue weighted by atomic mass is 10.0. The molecule has 0 saturated carbocycles. The molecule has 88 valence electrons. The van der Waals surface area contributed by atoms with E-state index in [-0.39, 0.29) is 11.7 Å². The first-order chi connectivity index (χ1) is 7.67. The molecule has 0 heterocycles. The zero-order chi connectivity index (χ0) is 12.0. The highest BCUT2D eigenvalue weighted by molar-refractivity contribution is 5.39. The van der Waals surface area contributed by atoms with Crippen LogP contribution in [0.3, 0.4) is 0 Å². The first-order valence-corrected chi connectivity index (χ1v) is 5.64. The van der Waals surface area contributed by atoms with Gasteiger partial charge in [0, 0.05) is 11.5 Å². The van der Waals surface area contributed by atoms with Gasteiger partial charge in [-0.05, 0) is 32.4 Å². The Morgan fingerprint density at radius 3 is 2.94 bits per heavy atom. The zero-order valence-electron chi connectivity index (χ0n) is 9.83. The molecule has 3 nitrogen and oxygen atoms in total. The van der Waals surface area contributed by atoms with Gasteiger partial charge < -0.3 is 10.2 Å². The molecule has 0 aromatic heterocycles. The Kier molecular flexibility index (Phi) is 5.10. The van der Waals surface area contributed by atoms with Crippen LogP contribution in [0, 0.1) is 17.8 Å². The van der Waals surface area contributed by atoms with E-state index >= 15 is 0 Å². The van der Waals surface area contributed by atoms with Crippen molar-refractivity contribution in [3.63, 3.8) is 0 Å². The molecule has 3 heteroatoms. The number of hydrogen-bond donors (Lipinski definition) is 3. The van der Waals surface area contributed by atoms with Crippen LogP contribution in [0.4, 0.5) is 0 Å². The molecule has 2 unspecified atom stereocenters. The normalized spacial score (nSPS) is 21.3. The average molecular weight is 221 g/mol. The lowest BCUT2D eigenvalue weighted by Gasteiger charge is -2.10. The van der Waals surface area contributed by atoms with E-state index in [1.54, 1.807) is 13.1 Å². The van der Waals surface area contributed by atoms with Gasteiger partial charge >= 0.3 is 0 Å². The number of aliphatic hydroxyl groups excluding tert-OH is 2. The van der Waals surface area contributed by atoms with E-state index in [9.17, 15) is 10.2 Å². The number of aliphatic hydroxyl groups is 2. The van der Waals surface area contributed by atoms with Crippen molar-refractivity contribution in [1.82, 2.24) is 5.32 Å². The minimum absolute atomic E-state index is 0.106. The lowest BCUT2D eigenvalue weighted by molar-refractivity contribution is 0.133. The van der Waals surface area contributed by atoms with E-state index in [0.29, 0.717) is 6.42 Å². The van der Waals surface area contributed by atoms with Crippen molar-refractivity contribution in [1.29, 1.82) is 0 Å². The number of hydrogen-bond acceptors (Lipinski definition) is 3. The van der Waals surface area contributed by atoms with Gasteiger partial charge in [-0.15, -0.1) is 0 Å². The summed E-state index contributed by atoms with van der Waals surface area (Å²) in [6.45, 7) is 1.97. The molecule has 0 aromatic rings. The van der Waals surface area contributed by atoms with Gasteiger partial charge in [0.05, 0.1) is 0 Å². The Labute approximate surface area is 96.9 Å². The summed E-state index contributed by atoms with van der Waals surface area (Å²) >= 11 is 0. The summed E-state index contributed by atoms with van der Waals surface area (Å²) in [5.41, 5.74) is 0.785. The van der Waals surface area contributed by atoms with Crippen molar-refractivity contribution in [3.8, 4) is 11.8 Å². The van der Waals surface area contributed by atoms with Crippen LogP contribution in [-0.4, -0.2) is 23.5 Å². The molecule has 16 heavy (non-hydrogen) atoms. The summed E-state index contributed by atoms with van der Waals surface area (Å²) in [5.74, 6) is 6.46. The number of rotatable bonds is 5. The van der Waals surface area contributed by atoms with E-state index in [1.807, 2.05) is 13.0 Å². The minimum Gasteiger partial charge on any atom is -0.507 e. The summed E-state index contributed by atoms with van der Waals surface area (Å²) < 4.78 is 0. The molecule has 1 aliphatic carbocycles. The standard InChI is InChI=1S/C13H19NO2/c1-3-11-7-4-10(5-8-12(11)15)6-9-13(16)14-2/h5,8,10,13-16H,3,6,9H2,1-2H3. The van der Waals surface area contributed by atoms with Crippen LogP contribution in [0.25, 0.3) is 0 Å². The topological polar surface area (TPSA) is 52.5 Å². The first-order valence-electron chi connectivity index (χ1n) is 5.64. The molecule has 3 N–H and O–H groups in total. The highest BCUT2D eigenvalue weighted by atomic mass is 16.3. The third-order valence-electron chi connectivity index (χ3n) is 2.64. The molecule has 1 rings (SSSR count). The molecule has 0 aliphatic heterocycles. The largest absolute Gasteiger partial charge is 0.507 e. The number of nitrogens with one attached hydrogen (secondary N) is 1. The molecule has 0 bridgehead atoms. The Bertz CT molecular complexity index is 347. The minimum atomic E-state index is -0.481. The highest BCUT2D eigenvalue weighted by Crippen LogP contribution is 2.16. The van der Waals surface area contributed by atoms with Crippen LogP contribution in [0.1, 0.15) is 26.2 Å². The predicted octanol–water partition coefficient (Wildman–Crippen LogP) is 1.72. The van der Waals surface area contributed by atoms with E-state index in [0.717, 1.165) is 18.4 Å². The fourth-order valence-corrected chi connectivity index (χ4v) is 1.52. The van der Waals surface area contributed by atoms with Crippen molar-refractivity contribution in [3.05, 3.63) is 23.5 Å². The molecule has 0 radical (unpaired) electrons. The van der Waals surface area contributed by atoms with Crippen LogP contribution in [0.5, 0.6) is 0 Å². The second kappa shape index (κ2) is 6.37. The highest BCUT2D eigenvalue weighted by Gasteiger charge is 2.08. The van der Waals surface area contributed by atoms with Gasteiger partial charge in [0.2, 0.25) is 0 Å². The maximum absolute atomic E-state index is 9.62. The average Bonchev–Trinajstić information content (AvgIpc) is 2.48. The summed E-state index contributed by atoms with van der Waals surface area (Å²) in [4.78, 5) is 0. The zero-order valence-corrected chi connectivity index (χ0v) is 9.83. The van der Waals surface area contributed by atoms with Crippen molar-refractivity contribution in [2.75, 3.05) is 7.05 Å². The van der Waals surface area contributed by atoms with Crippen LogP contribution in [0.15, 0.2) is 23.5 Å². The van der Waals surface area contributed by atoms with Crippen LogP contribution in [0.2, 0.25) is 0 Å². The van der Waals surface area contributed by atoms with Crippen LogP contribution >= 0.6 is 0 Å². The molecule has 0 spiro atoms. The quantitative estimate of drug-likeness (QED) is 0.489. The van der Waals surface area contributed by atoms with Gasteiger partial charge in [0.15, 0.2) is 0 Å². The monoisotopic (exact) mass is 221 g/mol. The van der Waals surface area contributed by atoms with Crippen molar-refractivity contribution < 1.29 is 10.2 Å². The molecular weight excluding hydrogens is 202 g/mol. The summed E-state index contributed by atoms with van der Waals surface area (Å²) in [7, 11) is 1.72. The molecule has 2 atom stereocenters. The molecular formula is C13H19NO2. The van der Waals surface area contributed by atoms with Gasteiger partial charge in [0.1, 0.15) is 12.0 Å². The summed E-state index contributed by atoms with van der Waals surface area (Å²) in [6.07, 6.45) is 5.30. The second-order valence-corrected chi connectivity index (χ2v) is 3.83. The van der Waals surface area contributed by atoms with E-state index in [4.69, 9.17) is 0 Å². The summed E-state index contributed by atoms with van der Waals surface area (Å²) in [5, 5.41) is 21.8. The van der Waals surface area contributed by atoms with E-state index in [2.05, 4.69) is 17.2 Å². The van der Waals surface area contributed by atoms with Crippen molar-refractivity contribution >= 4 is 0 Å². The molecule has 0 saturated heterocycles. The maximum Gasteiger partial charge on any atom is 0.126 e. The van der Waals surface area contributed by atoms with Gasteiger partial charge in [-0.25, -0.2) is 0 Å². The molecule has 0 amide bonds.